The highest BCUT2D eigenvalue weighted by Crippen LogP contribution is 2.54. The fourth-order valence-corrected chi connectivity index (χ4v) is 6.28. The van der Waals surface area contributed by atoms with Gasteiger partial charge in [-0.1, -0.05) is 58.4 Å². The molecule has 0 heterocycles. The highest BCUT2D eigenvalue weighted by atomic mass is 28.4. The lowest BCUT2D eigenvalue weighted by Crippen LogP contribution is -2.45. The van der Waals surface area contributed by atoms with Gasteiger partial charge in [0.25, 0.3) is 0 Å². The van der Waals surface area contributed by atoms with Gasteiger partial charge in [0, 0.05) is 0 Å². The van der Waals surface area contributed by atoms with Crippen LogP contribution in [0.4, 0.5) is 0 Å². The predicted octanol–water partition coefficient (Wildman–Crippen LogP) is 6.73. The van der Waals surface area contributed by atoms with E-state index < -0.39 is 8.32 Å². The zero-order chi connectivity index (χ0) is 17.8. The molecule has 0 saturated heterocycles. The average molecular weight is 347 g/mol. The molecule has 4 atom stereocenters. The van der Waals surface area contributed by atoms with Gasteiger partial charge in [-0.25, -0.2) is 0 Å². The van der Waals surface area contributed by atoms with Crippen molar-refractivity contribution in [2.75, 3.05) is 0 Å². The molecule has 2 heteroatoms. The normalized spacial score (nSPS) is 35.9. The van der Waals surface area contributed by atoms with E-state index in [0.29, 0.717) is 16.6 Å². The second-order valence-electron chi connectivity index (χ2n) is 10.7. The maximum atomic E-state index is 6.71. The van der Waals surface area contributed by atoms with E-state index in [1.165, 1.54) is 32.1 Å². The molecule has 0 amide bonds. The molecular weight excluding hydrogens is 308 g/mol. The van der Waals surface area contributed by atoms with Crippen molar-refractivity contribution in [3.05, 3.63) is 23.8 Å². The molecule has 0 aliphatic heterocycles. The minimum absolute atomic E-state index is 0.302. The number of fused-ring (bicyclic) bond motifs is 3. The first-order chi connectivity index (χ1) is 11.0. The van der Waals surface area contributed by atoms with E-state index in [-0.39, 0.29) is 0 Å². The third-order valence-electron chi connectivity index (χ3n) is 7.57. The third-order valence-corrected chi connectivity index (χ3v) is 12.1. The summed E-state index contributed by atoms with van der Waals surface area (Å²) in [6.07, 6.45) is 14.4. The van der Waals surface area contributed by atoms with Gasteiger partial charge in [-0.2, -0.15) is 0 Å². The van der Waals surface area contributed by atoms with Crippen LogP contribution in [0.1, 0.15) is 66.7 Å². The number of rotatable bonds is 2. The Morgan fingerprint density at radius 3 is 2.50 bits per heavy atom. The lowest BCUT2D eigenvalue weighted by Gasteiger charge is -2.50. The van der Waals surface area contributed by atoms with Crippen molar-refractivity contribution < 1.29 is 4.43 Å². The Morgan fingerprint density at radius 1 is 1.12 bits per heavy atom. The molecule has 0 bridgehead atoms. The first-order valence-electron chi connectivity index (χ1n) is 10.1. The smallest absolute Gasteiger partial charge is 0.192 e. The molecule has 1 nitrogen and oxygen atoms in total. The third kappa shape index (κ3) is 3.33. The summed E-state index contributed by atoms with van der Waals surface area (Å²) in [5.74, 6) is 2.45. The fourth-order valence-electron chi connectivity index (χ4n) is 4.99. The minimum Gasteiger partial charge on any atom is -0.411 e. The Hall–Kier alpha value is -0.343. The Labute approximate surface area is 151 Å². The summed E-state index contributed by atoms with van der Waals surface area (Å²) in [6.45, 7) is 16.8. The zero-order valence-corrected chi connectivity index (χ0v) is 18.0. The molecule has 0 aromatic carbocycles. The van der Waals surface area contributed by atoms with Crippen LogP contribution < -0.4 is 0 Å². The molecule has 3 aliphatic carbocycles. The van der Waals surface area contributed by atoms with Crippen LogP contribution in [0.5, 0.6) is 0 Å². The van der Waals surface area contributed by atoms with E-state index >= 15 is 0 Å². The fraction of sp³-hybridized carbons (Fsp3) is 0.818. The van der Waals surface area contributed by atoms with Crippen LogP contribution >= 0.6 is 0 Å². The van der Waals surface area contributed by atoms with Crippen molar-refractivity contribution in [1.82, 2.24) is 0 Å². The van der Waals surface area contributed by atoms with Crippen LogP contribution in [0.3, 0.4) is 0 Å². The lowest BCUT2D eigenvalue weighted by atomic mass is 9.55. The summed E-state index contributed by atoms with van der Waals surface area (Å²) in [7, 11) is -1.66. The van der Waals surface area contributed by atoms with Crippen LogP contribution in [0.15, 0.2) is 23.8 Å². The van der Waals surface area contributed by atoms with E-state index in [4.69, 9.17) is 4.43 Å². The van der Waals surface area contributed by atoms with E-state index in [0.717, 1.165) is 17.8 Å². The van der Waals surface area contributed by atoms with Crippen LogP contribution in [0.25, 0.3) is 0 Å². The summed E-state index contributed by atoms with van der Waals surface area (Å²) >= 11 is 0. The van der Waals surface area contributed by atoms with Gasteiger partial charge in [-0.05, 0) is 73.4 Å². The summed E-state index contributed by atoms with van der Waals surface area (Å²) in [5, 5.41) is 0.302. The maximum absolute atomic E-state index is 6.71. The van der Waals surface area contributed by atoms with Crippen molar-refractivity contribution in [2.45, 2.75) is 91.0 Å². The average Bonchev–Trinajstić information content (AvgIpc) is 2.44. The Bertz CT molecular complexity index is 535. The van der Waals surface area contributed by atoms with E-state index in [1.807, 2.05) is 0 Å². The molecule has 1 fully saturated rings. The molecule has 24 heavy (non-hydrogen) atoms. The molecule has 136 valence electrons. The number of allylic oxidation sites excluding steroid dienone is 3. The van der Waals surface area contributed by atoms with Gasteiger partial charge in [0.05, 0.1) is 6.10 Å². The monoisotopic (exact) mass is 346 g/mol. The molecule has 0 spiro atoms. The van der Waals surface area contributed by atoms with E-state index in [9.17, 15) is 0 Å². The lowest BCUT2D eigenvalue weighted by molar-refractivity contribution is 0.0779. The minimum atomic E-state index is -1.66. The van der Waals surface area contributed by atoms with Crippen LogP contribution in [0.2, 0.25) is 18.1 Å². The van der Waals surface area contributed by atoms with Crippen molar-refractivity contribution in [1.29, 1.82) is 0 Å². The quantitative estimate of drug-likeness (QED) is 0.398. The summed E-state index contributed by atoms with van der Waals surface area (Å²) in [5.41, 5.74) is 2.20. The van der Waals surface area contributed by atoms with Gasteiger partial charge < -0.3 is 4.43 Å². The van der Waals surface area contributed by atoms with Crippen molar-refractivity contribution in [3.63, 3.8) is 0 Å². The highest BCUT2D eigenvalue weighted by molar-refractivity contribution is 6.74. The standard InChI is InChI=1S/C22H38OSi/c1-21(2,3)24(6,7)23-17-11-12-18-16(15-17)10-13-20-19(18)9-8-14-22(20,4)5/h8-9,15,17-20H,10-14H2,1-7H3/t17-,18+,19+,20-/m0/s1. The van der Waals surface area contributed by atoms with E-state index in [2.05, 4.69) is 65.9 Å². The van der Waals surface area contributed by atoms with Gasteiger partial charge in [0.1, 0.15) is 0 Å². The molecule has 0 N–H and O–H groups in total. The molecule has 0 aromatic heterocycles. The number of hydrogen-bond acceptors (Lipinski definition) is 1. The molecule has 3 rings (SSSR count). The first-order valence-corrected chi connectivity index (χ1v) is 13.0. The van der Waals surface area contributed by atoms with Gasteiger partial charge in [0.2, 0.25) is 0 Å². The molecule has 3 aliphatic rings. The van der Waals surface area contributed by atoms with Gasteiger partial charge >= 0.3 is 0 Å². The van der Waals surface area contributed by atoms with E-state index in [1.54, 1.807) is 5.57 Å². The maximum Gasteiger partial charge on any atom is 0.192 e. The SMILES string of the molecule is CC1(C)CC=C[C@@H]2[C@@H]3CC[C@H](O[Si](C)(C)C(C)(C)C)C=C3CC[C@@H]21. The topological polar surface area (TPSA) is 9.23 Å². The Balaban J connectivity index is 1.76. The van der Waals surface area contributed by atoms with Crippen LogP contribution in [-0.4, -0.2) is 14.4 Å². The van der Waals surface area contributed by atoms with Crippen LogP contribution in [-0.2, 0) is 4.43 Å². The highest BCUT2D eigenvalue weighted by Gasteiger charge is 2.45. The summed E-state index contributed by atoms with van der Waals surface area (Å²) in [4.78, 5) is 0. The second-order valence-corrected chi connectivity index (χ2v) is 15.4. The molecule has 0 radical (unpaired) electrons. The zero-order valence-electron chi connectivity index (χ0n) is 17.0. The predicted molar refractivity (Wildman–Crippen MR) is 107 cm³/mol. The van der Waals surface area contributed by atoms with Crippen molar-refractivity contribution >= 4 is 8.32 Å². The Morgan fingerprint density at radius 2 is 1.83 bits per heavy atom. The van der Waals surface area contributed by atoms with Crippen molar-refractivity contribution in [3.8, 4) is 0 Å². The van der Waals surface area contributed by atoms with Crippen LogP contribution in [0, 0.1) is 23.2 Å². The molecule has 1 saturated carbocycles. The largest absolute Gasteiger partial charge is 0.411 e. The molecular formula is C22H38OSi. The molecule has 0 unspecified atom stereocenters. The summed E-state index contributed by atoms with van der Waals surface area (Å²) < 4.78 is 6.71. The van der Waals surface area contributed by atoms with Crippen molar-refractivity contribution in [2.24, 2.45) is 23.2 Å². The molecule has 0 aromatic rings. The second kappa shape index (κ2) is 6.12. The van der Waals surface area contributed by atoms with Gasteiger partial charge in [-0.3, -0.25) is 0 Å². The van der Waals surface area contributed by atoms with Gasteiger partial charge in [0.15, 0.2) is 8.32 Å². The Kier molecular flexibility index (Phi) is 4.71. The number of hydrogen-bond donors (Lipinski definition) is 0. The summed E-state index contributed by atoms with van der Waals surface area (Å²) in [6, 6.07) is 0. The first kappa shape index (κ1) is 18.4. The van der Waals surface area contributed by atoms with Gasteiger partial charge in [-0.15, -0.1) is 0 Å².